The summed E-state index contributed by atoms with van der Waals surface area (Å²) in [7, 11) is -2.03. The van der Waals surface area contributed by atoms with E-state index in [9.17, 15) is 22.8 Å². The van der Waals surface area contributed by atoms with Crippen molar-refractivity contribution in [2.24, 2.45) is 0 Å². The number of carbonyl (C=O) groups is 3. The van der Waals surface area contributed by atoms with Crippen LogP contribution in [0.3, 0.4) is 0 Å². The van der Waals surface area contributed by atoms with E-state index in [4.69, 9.17) is 4.74 Å². The molecule has 2 heterocycles. The highest BCUT2D eigenvalue weighted by Crippen LogP contribution is 2.32. The van der Waals surface area contributed by atoms with Gasteiger partial charge in [0.05, 0.1) is 16.9 Å². The van der Waals surface area contributed by atoms with Crippen LogP contribution in [0.1, 0.15) is 41.6 Å². The zero-order valence-corrected chi connectivity index (χ0v) is 22.1. The van der Waals surface area contributed by atoms with Gasteiger partial charge in [0.2, 0.25) is 10.0 Å². The Morgan fingerprint density at radius 3 is 2.27 bits per heavy atom. The minimum Gasteiger partial charge on any atom is -0.497 e. The van der Waals surface area contributed by atoms with Gasteiger partial charge in [0, 0.05) is 31.7 Å². The van der Waals surface area contributed by atoms with Gasteiger partial charge in [-0.05, 0) is 72.6 Å². The van der Waals surface area contributed by atoms with Gasteiger partial charge < -0.3 is 10.1 Å². The number of ether oxygens (including phenoxy) is 1. The number of amides is 3. The maximum absolute atomic E-state index is 12.9. The Morgan fingerprint density at radius 1 is 1.00 bits per heavy atom. The normalized spacial score (nSPS) is 18.2. The molecule has 0 unspecified atom stereocenters. The average molecular weight is 544 g/mol. The summed E-state index contributed by atoms with van der Waals surface area (Å²) in [5.74, 6) is -0.141. The number of benzene rings is 2. The lowest BCUT2D eigenvalue weighted by atomic mass is 10.2. The Labute approximate surface area is 220 Å². The van der Waals surface area contributed by atoms with Crippen molar-refractivity contribution in [1.29, 1.82) is 0 Å². The van der Waals surface area contributed by atoms with E-state index in [1.165, 1.54) is 28.6 Å². The second-order valence-electron chi connectivity index (χ2n) is 8.71. The van der Waals surface area contributed by atoms with Crippen LogP contribution in [-0.2, 0) is 14.8 Å². The molecule has 2 fully saturated rings. The Hall–Kier alpha value is -3.15. The molecule has 37 heavy (non-hydrogen) atoms. The van der Waals surface area contributed by atoms with E-state index in [0.717, 1.165) is 47.9 Å². The van der Waals surface area contributed by atoms with Crippen LogP contribution in [0, 0.1) is 0 Å². The van der Waals surface area contributed by atoms with Gasteiger partial charge in [-0.15, -0.1) is 0 Å². The smallest absolute Gasteiger partial charge is 0.293 e. The quantitative estimate of drug-likeness (QED) is 0.505. The minimum atomic E-state index is -3.59. The van der Waals surface area contributed by atoms with Gasteiger partial charge in [-0.2, -0.15) is 4.31 Å². The maximum atomic E-state index is 12.9. The molecule has 0 atom stereocenters. The van der Waals surface area contributed by atoms with E-state index in [2.05, 4.69) is 5.32 Å². The van der Waals surface area contributed by atoms with Crippen molar-refractivity contribution in [3.8, 4) is 5.75 Å². The number of nitrogens with one attached hydrogen (secondary N) is 1. The fourth-order valence-corrected chi connectivity index (χ4v) is 6.52. The molecule has 3 amide bonds. The van der Waals surface area contributed by atoms with Gasteiger partial charge in [0.25, 0.3) is 17.1 Å². The highest BCUT2D eigenvalue weighted by Gasteiger charge is 2.34. The van der Waals surface area contributed by atoms with Crippen LogP contribution < -0.4 is 10.1 Å². The van der Waals surface area contributed by atoms with Gasteiger partial charge in [0.15, 0.2) is 0 Å². The largest absolute Gasteiger partial charge is 0.497 e. The Bertz CT molecular complexity index is 1280. The summed E-state index contributed by atoms with van der Waals surface area (Å²) in [6, 6.07) is 12.9. The summed E-state index contributed by atoms with van der Waals surface area (Å²) in [4.78, 5) is 39.2. The average Bonchev–Trinajstić information content (AvgIpc) is 3.08. The zero-order valence-electron chi connectivity index (χ0n) is 20.5. The predicted octanol–water partition coefficient (Wildman–Crippen LogP) is 3.73. The van der Waals surface area contributed by atoms with E-state index in [-0.39, 0.29) is 18.0 Å². The highest BCUT2D eigenvalue weighted by molar-refractivity contribution is 8.18. The molecule has 0 aromatic heterocycles. The fourth-order valence-electron chi connectivity index (χ4n) is 4.14. The van der Waals surface area contributed by atoms with Crippen molar-refractivity contribution in [1.82, 2.24) is 14.5 Å². The number of sulfonamides is 1. The summed E-state index contributed by atoms with van der Waals surface area (Å²) in [5.41, 5.74) is 1.06. The maximum Gasteiger partial charge on any atom is 0.293 e. The highest BCUT2D eigenvalue weighted by atomic mass is 32.2. The fraction of sp³-hybridized carbons (Fsp3) is 0.346. The molecule has 2 aromatic carbocycles. The molecule has 2 saturated heterocycles. The Morgan fingerprint density at radius 2 is 1.65 bits per heavy atom. The predicted molar refractivity (Wildman–Crippen MR) is 142 cm³/mol. The SMILES string of the molecule is COc1ccc(/C=C2\SC(=O)N(CCNC(=O)c3ccc(S(=O)(=O)N4CCCCCC4)cc3)C2=O)cc1. The second-order valence-corrected chi connectivity index (χ2v) is 11.6. The molecule has 0 saturated carbocycles. The van der Waals surface area contributed by atoms with E-state index >= 15 is 0 Å². The van der Waals surface area contributed by atoms with Gasteiger partial charge in [0.1, 0.15) is 5.75 Å². The lowest BCUT2D eigenvalue weighted by Crippen LogP contribution is -2.37. The van der Waals surface area contributed by atoms with E-state index in [0.29, 0.717) is 29.3 Å². The summed E-state index contributed by atoms with van der Waals surface area (Å²) in [5, 5.41) is 2.29. The molecular weight excluding hydrogens is 514 g/mol. The lowest BCUT2D eigenvalue weighted by Gasteiger charge is -2.20. The first kappa shape index (κ1) is 26.9. The molecule has 2 aromatic rings. The van der Waals surface area contributed by atoms with Gasteiger partial charge in [-0.25, -0.2) is 8.42 Å². The summed E-state index contributed by atoms with van der Waals surface area (Å²) in [6.45, 7) is 1.11. The third-order valence-electron chi connectivity index (χ3n) is 6.23. The Kier molecular flexibility index (Phi) is 8.67. The first-order valence-corrected chi connectivity index (χ1v) is 14.3. The van der Waals surface area contributed by atoms with Gasteiger partial charge >= 0.3 is 0 Å². The van der Waals surface area contributed by atoms with Gasteiger partial charge in [-0.3, -0.25) is 19.3 Å². The molecule has 0 spiro atoms. The molecule has 0 bridgehead atoms. The number of methoxy groups -OCH3 is 1. The number of imide groups is 1. The van der Waals surface area contributed by atoms with Crippen LogP contribution in [0.2, 0.25) is 0 Å². The third-order valence-corrected chi connectivity index (χ3v) is 9.05. The van der Waals surface area contributed by atoms with Crippen LogP contribution in [-0.4, -0.2) is 68.0 Å². The minimum absolute atomic E-state index is 0.0256. The van der Waals surface area contributed by atoms with Crippen molar-refractivity contribution in [2.45, 2.75) is 30.6 Å². The molecule has 1 N–H and O–H groups in total. The molecule has 9 nitrogen and oxygen atoms in total. The van der Waals surface area contributed by atoms with E-state index in [1.54, 1.807) is 37.5 Å². The molecule has 196 valence electrons. The number of thioether (sulfide) groups is 1. The van der Waals surface area contributed by atoms with Crippen molar-refractivity contribution in [3.63, 3.8) is 0 Å². The van der Waals surface area contributed by atoms with E-state index in [1.807, 2.05) is 0 Å². The zero-order chi connectivity index (χ0) is 26.4. The number of hydrogen-bond acceptors (Lipinski definition) is 7. The number of hydrogen-bond donors (Lipinski definition) is 1. The summed E-state index contributed by atoms with van der Waals surface area (Å²) >= 11 is 0.852. The number of rotatable bonds is 8. The second kappa shape index (κ2) is 11.9. The Balaban J connectivity index is 1.31. The number of carbonyl (C=O) groups excluding carboxylic acids is 3. The molecular formula is C26H29N3O6S2. The first-order chi connectivity index (χ1) is 17.8. The van der Waals surface area contributed by atoms with E-state index < -0.39 is 27.1 Å². The third kappa shape index (κ3) is 6.41. The molecule has 4 rings (SSSR count). The van der Waals surface area contributed by atoms with Crippen LogP contribution in [0.25, 0.3) is 6.08 Å². The lowest BCUT2D eigenvalue weighted by molar-refractivity contribution is -0.122. The molecule has 2 aliphatic rings. The molecule has 0 aliphatic carbocycles. The summed E-state index contributed by atoms with van der Waals surface area (Å²) < 4.78 is 32.5. The van der Waals surface area contributed by atoms with Crippen molar-refractivity contribution < 1.29 is 27.5 Å². The van der Waals surface area contributed by atoms with Gasteiger partial charge in [-0.1, -0.05) is 25.0 Å². The van der Waals surface area contributed by atoms with Crippen molar-refractivity contribution >= 4 is 44.9 Å². The number of nitrogens with zero attached hydrogens (tertiary/aromatic N) is 2. The van der Waals surface area contributed by atoms with Crippen molar-refractivity contribution in [2.75, 3.05) is 33.3 Å². The van der Waals surface area contributed by atoms with Crippen LogP contribution >= 0.6 is 11.8 Å². The van der Waals surface area contributed by atoms with Crippen molar-refractivity contribution in [3.05, 3.63) is 64.6 Å². The topological polar surface area (TPSA) is 113 Å². The first-order valence-electron chi connectivity index (χ1n) is 12.1. The molecule has 0 radical (unpaired) electrons. The standard InChI is InChI=1S/C26H29N3O6S2/c1-35-21-10-6-19(7-11-21)18-23-25(31)29(26(32)36-23)17-14-27-24(30)20-8-12-22(13-9-20)37(33,34)28-15-4-2-3-5-16-28/h6-13,18H,2-5,14-17H2,1H3,(H,27,30)/b23-18-. The molecule has 11 heteroatoms. The summed E-state index contributed by atoms with van der Waals surface area (Å²) in [6.07, 6.45) is 5.39. The van der Waals surface area contributed by atoms with Crippen LogP contribution in [0.15, 0.2) is 58.3 Å². The monoisotopic (exact) mass is 543 g/mol. The molecule has 2 aliphatic heterocycles. The van der Waals surface area contributed by atoms with Crippen LogP contribution in [0.4, 0.5) is 4.79 Å². The van der Waals surface area contributed by atoms with Crippen LogP contribution in [0.5, 0.6) is 5.75 Å².